The number of oxazole rings is 1. The first-order valence-corrected chi connectivity index (χ1v) is 11.1. The van der Waals surface area contributed by atoms with Gasteiger partial charge in [-0.1, -0.05) is 12.5 Å². The highest BCUT2D eigenvalue weighted by molar-refractivity contribution is 6.04. The van der Waals surface area contributed by atoms with E-state index in [0.29, 0.717) is 60.9 Å². The van der Waals surface area contributed by atoms with Gasteiger partial charge < -0.3 is 29.5 Å². The van der Waals surface area contributed by atoms with Crippen LogP contribution in [0.2, 0.25) is 0 Å². The molecule has 2 aromatic rings. The Morgan fingerprint density at radius 2 is 1.84 bits per heavy atom. The number of amides is 2. The topological polar surface area (TPSA) is 102 Å². The molecule has 0 saturated carbocycles. The molecule has 5 rings (SSSR count). The van der Waals surface area contributed by atoms with Crippen LogP contribution in [-0.4, -0.2) is 83.2 Å². The third-order valence-corrected chi connectivity index (χ3v) is 7.15. The number of rotatable bonds is 3. The molecule has 1 aromatic heterocycles. The van der Waals surface area contributed by atoms with Crippen LogP contribution in [0.15, 0.2) is 22.6 Å². The number of fused-ring (bicyclic) bond motifs is 3. The predicted octanol–water partition coefficient (Wildman–Crippen LogP) is 2.37. The van der Waals surface area contributed by atoms with Gasteiger partial charge in [0.05, 0.1) is 5.56 Å². The van der Waals surface area contributed by atoms with Crippen LogP contribution in [0.4, 0.5) is 10.8 Å². The second kappa shape index (κ2) is 8.03. The standard InChI is InChI=1S/C22H29N5O4/c1-25-15-4-2-5-16(25)13-14(12-15)23-20(28)17-6-3-7-18-19(17)24-21(31-18)26-8-10-27(11-9-26)22(29)30/h3,6-7,14-16H,2,4-5,8-13H2,1H3,(H,23,28)(H,29,30). The van der Waals surface area contributed by atoms with E-state index in [1.54, 1.807) is 6.07 Å². The fourth-order valence-corrected chi connectivity index (χ4v) is 5.34. The van der Waals surface area contributed by atoms with Crippen LogP contribution in [-0.2, 0) is 0 Å². The number of carbonyl (C=O) groups excluding carboxylic acids is 1. The molecule has 3 aliphatic rings. The number of piperazine rings is 1. The molecule has 3 fully saturated rings. The Morgan fingerprint density at radius 1 is 1.13 bits per heavy atom. The minimum atomic E-state index is -0.908. The van der Waals surface area contributed by atoms with Crippen molar-refractivity contribution in [2.45, 2.75) is 50.2 Å². The van der Waals surface area contributed by atoms with E-state index in [4.69, 9.17) is 9.52 Å². The number of benzene rings is 1. The molecule has 9 nitrogen and oxygen atoms in total. The van der Waals surface area contributed by atoms with Gasteiger partial charge in [0.2, 0.25) is 0 Å². The van der Waals surface area contributed by atoms with Crippen LogP contribution in [0, 0.1) is 0 Å². The van der Waals surface area contributed by atoms with E-state index in [1.807, 2.05) is 17.0 Å². The minimum absolute atomic E-state index is 0.103. The van der Waals surface area contributed by atoms with Crippen LogP contribution in [0.1, 0.15) is 42.5 Å². The van der Waals surface area contributed by atoms with Gasteiger partial charge in [-0.2, -0.15) is 4.98 Å². The molecule has 166 valence electrons. The fourth-order valence-electron chi connectivity index (χ4n) is 5.34. The molecule has 0 spiro atoms. The van der Waals surface area contributed by atoms with Crippen molar-refractivity contribution in [1.82, 2.24) is 20.1 Å². The van der Waals surface area contributed by atoms with Gasteiger partial charge in [-0.05, 0) is 44.9 Å². The van der Waals surface area contributed by atoms with Crippen LogP contribution >= 0.6 is 0 Å². The highest BCUT2D eigenvalue weighted by Crippen LogP contribution is 2.33. The molecule has 3 saturated heterocycles. The van der Waals surface area contributed by atoms with Crippen LogP contribution in [0.5, 0.6) is 0 Å². The Balaban J connectivity index is 1.31. The van der Waals surface area contributed by atoms with Crippen molar-refractivity contribution in [3.8, 4) is 0 Å². The molecule has 1 aromatic carbocycles. The number of para-hydroxylation sites is 1. The molecule has 0 radical (unpaired) electrons. The summed E-state index contributed by atoms with van der Waals surface area (Å²) in [5, 5.41) is 12.4. The van der Waals surface area contributed by atoms with Crippen molar-refractivity contribution in [3.63, 3.8) is 0 Å². The molecule has 9 heteroatoms. The quantitative estimate of drug-likeness (QED) is 0.775. The van der Waals surface area contributed by atoms with Crippen molar-refractivity contribution in [3.05, 3.63) is 23.8 Å². The summed E-state index contributed by atoms with van der Waals surface area (Å²) in [6, 6.07) is 7.16. The van der Waals surface area contributed by atoms with E-state index in [9.17, 15) is 9.59 Å². The maximum Gasteiger partial charge on any atom is 0.407 e. The van der Waals surface area contributed by atoms with Gasteiger partial charge in [0.25, 0.3) is 11.9 Å². The largest absolute Gasteiger partial charge is 0.465 e. The number of nitrogens with zero attached hydrogens (tertiary/aromatic N) is 4. The second-order valence-electron chi connectivity index (χ2n) is 8.95. The summed E-state index contributed by atoms with van der Waals surface area (Å²) in [5.41, 5.74) is 1.66. The van der Waals surface area contributed by atoms with E-state index in [-0.39, 0.29) is 11.9 Å². The summed E-state index contributed by atoms with van der Waals surface area (Å²) in [6.07, 6.45) is 4.77. The third-order valence-electron chi connectivity index (χ3n) is 7.15. The summed E-state index contributed by atoms with van der Waals surface area (Å²) in [4.78, 5) is 34.7. The number of anilines is 1. The number of nitrogens with one attached hydrogen (secondary N) is 1. The molecule has 2 bridgehead atoms. The normalized spacial score (nSPS) is 26.8. The predicted molar refractivity (Wildman–Crippen MR) is 115 cm³/mol. The Hall–Kier alpha value is -2.81. The number of piperidine rings is 2. The van der Waals surface area contributed by atoms with Crippen LogP contribution in [0.25, 0.3) is 11.1 Å². The minimum Gasteiger partial charge on any atom is -0.465 e. The Morgan fingerprint density at radius 3 is 2.52 bits per heavy atom. The molecular weight excluding hydrogens is 398 g/mol. The Bertz CT molecular complexity index is 969. The summed E-state index contributed by atoms with van der Waals surface area (Å²) >= 11 is 0. The van der Waals surface area contributed by atoms with Crippen molar-refractivity contribution in [2.24, 2.45) is 0 Å². The molecule has 2 amide bonds. The van der Waals surface area contributed by atoms with E-state index < -0.39 is 6.09 Å². The first-order chi connectivity index (χ1) is 15.0. The summed E-state index contributed by atoms with van der Waals surface area (Å²) in [6.45, 7) is 1.83. The molecule has 4 heterocycles. The highest BCUT2D eigenvalue weighted by atomic mass is 16.4. The zero-order valence-corrected chi connectivity index (χ0v) is 17.8. The Kier molecular flexibility index (Phi) is 5.21. The van der Waals surface area contributed by atoms with Gasteiger partial charge in [-0.25, -0.2) is 4.79 Å². The fraction of sp³-hybridized carbons (Fsp3) is 0.591. The average molecular weight is 428 g/mol. The highest BCUT2D eigenvalue weighted by Gasteiger charge is 2.36. The second-order valence-corrected chi connectivity index (χ2v) is 8.95. The third kappa shape index (κ3) is 3.82. The molecule has 3 aliphatic heterocycles. The molecule has 31 heavy (non-hydrogen) atoms. The van der Waals surface area contributed by atoms with Crippen LogP contribution in [0.3, 0.4) is 0 Å². The van der Waals surface area contributed by atoms with Gasteiger partial charge in [0, 0.05) is 44.3 Å². The number of carbonyl (C=O) groups is 2. The number of hydrogen-bond acceptors (Lipinski definition) is 6. The van der Waals surface area contributed by atoms with E-state index in [1.165, 1.54) is 24.2 Å². The maximum atomic E-state index is 13.1. The summed E-state index contributed by atoms with van der Waals surface area (Å²) in [5.74, 6) is -0.103. The smallest absolute Gasteiger partial charge is 0.407 e. The number of hydrogen-bond donors (Lipinski definition) is 2. The van der Waals surface area contributed by atoms with Crippen molar-refractivity contribution in [2.75, 3.05) is 38.1 Å². The molecule has 2 unspecified atom stereocenters. The Labute approximate surface area is 181 Å². The van der Waals surface area contributed by atoms with Crippen molar-refractivity contribution < 1.29 is 19.1 Å². The molecule has 2 N–H and O–H groups in total. The SMILES string of the molecule is CN1C2CCCC1CC(NC(=O)c1cccc3oc(N4CCN(C(=O)O)CC4)nc13)C2. The van der Waals surface area contributed by atoms with Gasteiger partial charge in [-0.15, -0.1) is 0 Å². The lowest BCUT2D eigenvalue weighted by molar-refractivity contribution is 0.0463. The average Bonchev–Trinajstić information content (AvgIpc) is 3.19. The van der Waals surface area contributed by atoms with Crippen molar-refractivity contribution >= 4 is 29.1 Å². The monoisotopic (exact) mass is 427 g/mol. The first kappa shape index (κ1) is 20.1. The lowest BCUT2D eigenvalue weighted by Crippen LogP contribution is -2.55. The van der Waals surface area contributed by atoms with Gasteiger partial charge in [0.15, 0.2) is 5.58 Å². The van der Waals surface area contributed by atoms with E-state index >= 15 is 0 Å². The van der Waals surface area contributed by atoms with Gasteiger partial charge in [0.1, 0.15) is 5.52 Å². The zero-order valence-electron chi connectivity index (χ0n) is 17.8. The maximum absolute atomic E-state index is 13.1. The van der Waals surface area contributed by atoms with Crippen LogP contribution < -0.4 is 10.2 Å². The lowest BCUT2D eigenvalue weighted by Gasteiger charge is -2.47. The summed E-state index contributed by atoms with van der Waals surface area (Å²) < 4.78 is 5.92. The van der Waals surface area contributed by atoms with E-state index in [0.717, 1.165) is 12.8 Å². The first-order valence-electron chi connectivity index (χ1n) is 11.1. The summed E-state index contributed by atoms with van der Waals surface area (Å²) in [7, 11) is 2.21. The van der Waals surface area contributed by atoms with Gasteiger partial charge in [-0.3, -0.25) is 4.79 Å². The van der Waals surface area contributed by atoms with Gasteiger partial charge >= 0.3 is 6.09 Å². The number of carboxylic acid groups (broad SMARTS) is 1. The zero-order chi connectivity index (χ0) is 21.5. The molecule has 2 atom stereocenters. The molecule has 0 aliphatic carbocycles. The van der Waals surface area contributed by atoms with Crippen molar-refractivity contribution in [1.29, 1.82) is 0 Å². The lowest BCUT2D eigenvalue weighted by atomic mass is 9.82. The molecular formula is C22H29N5O4. The number of aromatic nitrogens is 1. The van der Waals surface area contributed by atoms with E-state index in [2.05, 4.69) is 22.2 Å².